The topological polar surface area (TPSA) is 53.7 Å². The van der Waals surface area contributed by atoms with E-state index < -0.39 is 6.29 Å². The number of benzene rings is 1. The largest absolute Gasteiger partial charge is 0.497 e. The molecule has 2 N–H and O–H groups in total. The number of hydrogen-bond acceptors (Lipinski definition) is 4. The first-order valence-corrected chi connectivity index (χ1v) is 5.68. The van der Waals surface area contributed by atoms with Gasteiger partial charge in [-0.25, -0.2) is 0 Å². The molecule has 1 aliphatic heterocycles. The summed E-state index contributed by atoms with van der Waals surface area (Å²) < 4.78 is 16.6. The fraction of sp³-hybridized carbons (Fsp3) is 0.538. The van der Waals surface area contributed by atoms with Crippen LogP contribution in [-0.4, -0.2) is 20.3 Å². The van der Waals surface area contributed by atoms with Gasteiger partial charge in [0, 0.05) is 16.7 Å². The predicted octanol–water partition coefficient (Wildman–Crippen LogP) is 2.35. The van der Waals surface area contributed by atoms with Gasteiger partial charge >= 0.3 is 0 Å². The van der Waals surface area contributed by atoms with Crippen LogP contribution in [0.4, 0.5) is 5.69 Å². The predicted molar refractivity (Wildman–Crippen MR) is 65.8 cm³/mol. The van der Waals surface area contributed by atoms with Crippen molar-refractivity contribution >= 4 is 5.69 Å². The lowest BCUT2D eigenvalue weighted by Crippen LogP contribution is -2.34. The molecule has 1 saturated heterocycles. The second kappa shape index (κ2) is 4.55. The highest BCUT2D eigenvalue weighted by molar-refractivity contribution is 5.51. The maximum Gasteiger partial charge on any atom is 0.185 e. The van der Waals surface area contributed by atoms with Crippen LogP contribution in [0.25, 0.3) is 0 Å². The highest BCUT2D eigenvalue weighted by Crippen LogP contribution is 2.34. The van der Waals surface area contributed by atoms with Crippen molar-refractivity contribution in [2.45, 2.75) is 20.1 Å². The second-order valence-electron chi connectivity index (χ2n) is 5.11. The number of hydrogen-bond donors (Lipinski definition) is 1. The number of ether oxygens (including phenoxy) is 3. The van der Waals surface area contributed by atoms with Crippen molar-refractivity contribution in [2.24, 2.45) is 5.41 Å². The van der Waals surface area contributed by atoms with Crippen LogP contribution in [0, 0.1) is 5.41 Å². The molecular formula is C13H19NO3. The molecule has 0 saturated carbocycles. The minimum Gasteiger partial charge on any atom is -0.497 e. The van der Waals surface area contributed by atoms with Gasteiger partial charge in [-0.2, -0.15) is 0 Å². The zero-order valence-electron chi connectivity index (χ0n) is 10.5. The SMILES string of the molecule is COc1ccc(N)c(C2OCC(C)(C)CO2)c1. The van der Waals surface area contributed by atoms with Crippen LogP contribution in [0.5, 0.6) is 5.75 Å². The van der Waals surface area contributed by atoms with Gasteiger partial charge in [-0.15, -0.1) is 0 Å². The third kappa shape index (κ3) is 2.70. The van der Waals surface area contributed by atoms with E-state index in [1.807, 2.05) is 12.1 Å². The minimum absolute atomic E-state index is 0.0597. The Labute approximate surface area is 102 Å². The van der Waals surface area contributed by atoms with Crippen molar-refractivity contribution in [2.75, 3.05) is 26.1 Å². The summed E-state index contributed by atoms with van der Waals surface area (Å²) in [6, 6.07) is 5.49. The first-order valence-electron chi connectivity index (χ1n) is 5.68. The summed E-state index contributed by atoms with van der Waals surface area (Å²) in [5, 5.41) is 0. The number of rotatable bonds is 2. The fourth-order valence-corrected chi connectivity index (χ4v) is 1.76. The number of methoxy groups -OCH3 is 1. The van der Waals surface area contributed by atoms with Gasteiger partial charge in [0.15, 0.2) is 6.29 Å². The van der Waals surface area contributed by atoms with Crippen molar-refractivity contribution in [3.8, 4) is 5.75 Å². The lowest BCUT2D eigenvalue weighted by atomic mass is 9.95. The summed E-state index contributed by atoms with van der Waals surface area (Å²) in [7, 11) is 1.63. The molecule has 1 aliphatic rings. The summed E-state index contributed by atoms with van der Waals surface area (Å²) in [4.78, 5) is 0. The van der Waals surface area contributed by atoms with Crippen molar-refractivity contribution in [1.82, 2.24) is 0 Å². The van der Waals surface area contributed by atoms with Crippen molar-refractivity contribution in [1.29, 1.82) is 0 Å². The molecule has 1 aromatic carbocycles. The van der Waals surface area contributed by atoms with Crippen molar-refractivity contribution < 1.29 is 14.2 Å². The van der Waals surface area contributed by atoms with E-state index in [-0.39, 0.29) is 5.41 Å². The van der Waals surface area contributed by atoms with E-state index in [9.17, 15) is 0 Å². The average Bonchev–Trinajstić information content (AvgIpc) is 2.30. The van der Waals surface area contributed by atoms with Crippen LogP contribution in [0.2, 0.25) is 0 Å². The van der Waals surface area contributed by atoms with Gasteiger partial charge in [-0.05, 0) is 18.2 Å². The van der Waals surface area contributed by atoms with E-state index in [1.165, 1.54) is 0 Å². The Kier molecular flexibility index (Phi) is 3.26. The Balaban J connectivity index is 2.17. The molecule has 0 atom stereocenters. The second-order valence-corrected chi connectivity index (χ2v) is 5.11. The molecule has 0 amide bonds. The van der Waals surface area contributed by atoms with E-state index in [4.69, 9.17) is 19.9 Å². The first-order chi connectivity index (χ1) is 8.02. The standard InChI is InChI=1S/C13H19NO3/c1-13(2)7-16-12(17-8-13)10-6-9(15-3)4-5-11(10)14/h4-6,12H,7-8,14H2,1-3H3. The molecule has 0 radical (unpaired) electrons. The molecule has 17 heavy (non-hydrogen) atoms. The van der Waals surface area contributed by atoms with Crippen LogP contribution in [0.3, 0.4) is 0 Å². The number of nitrogens with two attached hydrogens (primary N) is 1. The Bertz CT molecular complexity index is 394. The fourth-order valence-electron chi connectivity index (χ4n) is 1.76. The third-order valence-electron chi connectivity index (χ3n) is 2.80. The lowest BCUT2D eigenvalue weighted by Gasteiger charge is -2.35. The van der Waals surface area contributed by atoms with Crippen molar-refractivity contribution in [3.05, 3.63) is 23.8 Å². The van der Waals surface area contributed by atoms with Gasteiger partial charge in [0.1, 0.15) is 5.75 Å². The molecular weight excluding hydrogens is 218 g/mol. The summed E-state index contributed by atoms with van der Waals surface area (Å²) >= 11 is 0. The molecule has 1 aromatic rings. The van der Waals surface area contributed by atoms with E-state index in [0.717, 1.165) is 11.3 Å². The van der Waals surface area contributed by atoms with Gasteiger partial charge in [0.05, 0.1) is 20.3 Å². The molecule has 4 heteroatoms. The van der Waals surface area contributed by atoms with Gasteiger partial charge in [-0.1, -0.05) is 13.8 Å². The first kappa shape index (κ1) is 12.2. The zero-order valence-corrected chi connectivity index (χ0v) is 10.5. The average molecular weight is 237 g/mol. The number of anilines is 1. The summed E-state index contributed by atoms with van der Waals surface area (Å²) in [6.45, 7) is 5.54. The number of nitrogen functional groups attached to an aromatic ring is 1. The Hall–Kier alpha value is -1.26. The molecule has 0 aliphatic carbocycles. The van der Waals surface area contributed by atoms with E-state index in [2.05, 4.69) is 13.8 Å². The normalized spacial score (nSPS) is 20.2. The Morgan fingerprint density at radius 3 is 2.53 bits per heavy atom. The van der Waals surface area contributed by atoms with E-state index >= 15 is 0 Å². The molecule has 0 aromatic heterocycles. The van der Waals surface area contributed by atoms with Crippen LogP contribution in [0.1, 0.15) is 25.7 Å². The molecule has 1 fully saturated rings. The van der Waals surface area contributed by atoms with E-state index in [1.54, 1.807) is 13.2 Å². The lowest BCUT2D eigenvalue weighted by molar-refractivity contribution is -0.226. The Morgan fingerprint density at radius 1 is 1.29 bits per heavy atom. The minimum atomic E-state index is -0.391. The molecule has 0 spiro atoms. The van der Waals surface area contributed by atoms with Gasteiger partial charge in [-0.3, -0.25) is 0 Å². The van der Waals surface area contributed by atoms with Gasteiger partial charge in [0.25, 0.3) is 0 Å². The Morgan fingerprint density at radius 2 is 1.94 bits per heavy atom. The van der Waals surface area contributed by atoms with Crippen LogP contribution in [0.15, 0.2) is 18.2 Å². The highest BCUT2D eigenvalue weighted by Gasteiger charge is 2.30. The molecule has 0 bridgehead atoms. The molecule has 1 heterocycles. The zero-order chi connectivity index (χ0) is 12.5. The summed E-state index contributed by atoms with van der Waals surface area (Å²) in [5.74, 6) is 0.756. The molecule has 94 valence electrons. The smallest absolute Gasteiger partial charge is 0.185 e. The van der Waals surface area contributed by atoms with E-state index in [0.29, 0.717) is 18.9 Å². The third-order valence-corrected chi connectivity index (χ3v) is 2.80. The van der Waals surface area contributed by atoms with Crippen LogP contribution < -0.4 is 10.5 Å². The van der Waals surface area contributed by atoms with Crippen LogP contribution >= 0.6 is 0 Å². The monoisotopic (exact) mass is 237 g/mol. The summed E-state index contributed by atoms with van der Waals surface area (Å²) in [5.41, 5.74) is 7.48. The van der Waals surface area contributed by atoms with Gasteiger partial charge < -0.3 is 19.9 Å². The molecule has 4 nitrogen and oxygen atoms in total. The van der Waals surface area contributed by atoms with Crippen LogP contribution in [-0.2, 0) is 9.47 Å². The highest BCUT2D eigenvalue weighted by atomic mass is 16.7. The molecule has 0 unspecified atom stereocenters. The maximum absolute atomic E-state index is 5.93. The maximum atomic E-state index is 5.93. The van der Waals surface area contributed by atoms with Crippen molar-refractivity contribution in [3.63, 3.8) is 0 Å². The van der Waals surface area contributed by atoms with Gasteiger partial charge in [0.2, 0.25) is 0 Å². The summed E-state index contributed by atoms with van der Waals surface area (Å²) in [6.07, 6.45) is -0.391. The molecule has 2 rings (SSSR count). The quantitative estimate of drug-likeness (QED) is 0.802.